The van der Waals surface area contributed by atoms with Gasteiger partial charge < -0.3 is 10.1 Å². The van der Waals surface area contributed by atoms with Crippen molar-refractivity contribution < 1.29 is 14.1 Å². The summed E-state index contributed by atoms with van der Waals surface area (Å²) in [6.07, 6.45) is 2.84. The molecule has 0 fully saturated rings. The molecule has 0 amide bonds. The zero-order valence-corrected chi connectivity index (χ0v) is 13.5. The summed E-state index contributed by atoms with van der Waals surface area (Å²) in [5.41, 5.74) is 0.101. The molecule has 0 unspecified atom stereocenters. The van der Waals surface area contributed by atoms with Gasteiger partial charge in [0.05, 0.1) is 8.49 Å². The van der Waals surface area contributed by atoms with E-state index in [4.69, 9.17) is 4.74 Å². The molecule has 5 nitrogen and oxygen atoms in total. The summed E-state index contributed by atoms with van der Waals surface area (Å²) < 4.78 is 19.1. The van der Waals surface area contributed by atoms with Gasteiger partial charge in [0.25, 0.3) is 5.69 Å². The minimum absolute atomic E-state index is 0.109. The van der Waals surface area contributed by atoms with Crippen LogP contribution in [0.15, 0.2) is 12.1 Å². The Morgan fingerprint density at radius 2 is 2.10 bits per heavy atom. The molecule has 0 aromatic heterocycles. The summed E-state index contributed by atoms with van der Waals surface area (Å²) in [6, 6.07) is 2.40. The highest BCUT2D eigenvalue weighted by molar-refractivity contribution is 14.1. The van der Waals surface area contributed by atoms with Crippen LogP contribution in [0.1, 0.15) is 26.2 Å². The topological polar surface area (TPSA) is 64.4 Å². The molecular weight excluding hydrogens is 378 g/mol. The van der Waals surface area contributed by atoms with Crippen LogP contribution in [0.25, 0.3) is 0 Å². The molecule has 0 radical (unpaired) electrons. The number of nitro benzene ring substituents is 1. The largest absolute Gasteiger partial charge is 0.381 e. The molecule has 1 rings (SSSR count). The molecular formula is C13H18FIN2O3. The molecule has 1 aromatic rings. The van der Waals surface area contributed by atoms with Crippen molar-refractivity contribution in [2.75, 3.05) is 25.1 Å². The van der Waals surface area contributed by atoms with E-state index in [9.17, 15) is 14.5 Å². The van der Waals surface area contributed by atoms with E-state index in [1.54, 1.807) is 22.6 Å². The van der Waals surface area contributed by atoms with Crippen LogP contribution in [0.3, 0.4) is 0 Å². The Morgan fingerprint density at radius 3 is 2.75 bits per heavy atom. The van der Waals surface area contributed by atoms with Crippen LogP contribution in [0, 0.1) is 19.5 Å². The average Bonchev–Trinajstić information content (AvgIpc) is 2.41. The number of nitro groups is 1. The van der Waals surface area contributed by atoms with Crippen molar-refractivity contribution in [2.24, 2.45) is 0 Å². The highest BCUT2D eigenvalue weighted by Crippen LogP contribution is 2.28. The summed E-state index contributed by atoms with van der Waals surface area (Å²) in [5, 5.41) is 13.8. The van der Waals surface area contributed by atoms with Gasteiger partial charge in [-0.15, -0.1) is 0 Å². The van der Waals surface area contributed by atoms with E-state index in [0.29, 0.717) is 19.6 Å². The van der Waals surface area contributed by atoms with E-state index in [1.165, 1.54) is 6.07 Å². The van der Waals surface area contributed by atoms with Gasteiger partial charge in [0.1, 0.15) is 11.5 Å². The molecule has 0 aliphatic heterocycles. The van der Waals surface area contributed by atoms with E-state index in [2.05, 4.69) is 12.2 Å². The monoisotopic (exact) mass is 396 g/mol. The van der Waals surface area contributed by atoms with Crippen LogP contribution in [-0.4, -0.2) is 24.7 Å². The van der Waals surface area contributed by atoms with E-state index in [1.807, 2.05) is 0 Å². The summed E-state index contributed by atoms with van der Waals surface area (Å²) in [7, 11) is 0. The number of hydrogen-bond donors (Lipinski definition) is 1. The molecule has 0 saturated heterocycles. The van der Waals surface area contributed by atoms with Crippen molar-refractivity contribution in [3.05, 3.63) is 31.6 Å². The second-order valence-electron chi connectivity index (χ2n) is 4.29. The standard InChI is InChI=1S/C13H18FIN2O3/c1-2-3-6-20-7-4-5-16-12-8-10(14)11(15)9-13(12)17(18)19/h8-9,16H,2-7H2,1H3. The number of hydrogen-bond acceptors (Lipinski definition) is 4. The van der Waals surface area contributed by atoms with Crippen LogP contribution in [0.4, 0.5) is 15.8 Å². The average molecular weight is 396 g/mol. The number of anilines is 1. The normalized spacial score (nSPS) is 10.6. The zero-order valence-electron chi connectivity index (χ0n) is 11.3. The first-order valence-corrected chi connectivity index (χ1v) is 7.59. The minimum Gasteiger partial charge on any atom is -0.381 e. The molecule has 0 aliphatic carbocycles. The molecule has 0 aliphatic rings. The molecule has 0 saturated carbocycles. The van der Waals surface area contributed by atoms with Crippen molar-refractivity contribution in [3.8, 4) is 0 Å². The van der Waals surface area contributed by atoms with Crippen molar-refractivity contribution in [2.45, 2.75) is 26.2 Å². The fourth-order valence-electron chi connectivity index (χ4n) is 1.57. The van der Waals surface area contributed by atoms with Gasteiger partial charge in [-0.3, -0.25) is 10.1 Å². The lowest BCUT2D eigenvalue weighted by molar-refractivity contribution is -0.384. The lowest BCUT2D eigenvalue weighted by Gasteiger charge is -2.08. The van der Waals surface area contributed by atoms with E-state index in [-0.39, 0.29) is 14.9 Å². The van der Waals surface area contributed by atoms with Gasteiger partial charge in [0, 0.05) is 31.9 Å². The molecule has 1 N–H and O–H groups in total. The van der Waals surface area contributed by atoms with E-state index >= 15 is 0 Å². The summed E-state index contributed by atoms with van der Waals surface area (Å²) in [4.78, 5) is 10.4. The van der Waals surface area contributed by atoms with Crippen molar-refractivity contribution >= 4 is 34.0 Å². The molecule has 0 atom stereocenters. The third kappa shape index (κ3) is 5.58. The van der Waals surface area contributed by atoms with Crippen LogP contribution < -0.4 is 5.32 Å². The Hall–Kier alpha value is -0.960. The summed E-state index contributed by atoms with van der Waals surface area (Å²) in [5.74, 6) is -0.460. The van der Waals surface area contributed by atoms with Gasteiger partial charge in [-0.2, -0.15) is 0 Å². The third-order valence-corrected chi connectivity index (χ3v) is 3.49. The minimum atomic E-state index is -0.512. The number of nitrogens with zero attached hydrogens (tertiary/aromatic N) is 1. The third-order valence-electron chi connectivity index (χ3n) is 2.66. The van der Waals surface area contributed by atoms with Gasteiger partial charge in [-0.1, -0.05) is 13.3 Å². The smallest absolute Gasteiger partial charge is 0.293 e. The van der Waals surface area contributed by atoms with Crippen LogP contribution >= 0.6 is 22.6 Å². The first-order chi connectivity index (χ1) is 9.56. The predicted octanol–water partition coefficient (Wildman–Crippen LogP) is 3.96. The molecule has 20 heavy (non-hydrogen) atoms. The Kier molecular flexibility index (Phi) is 7.75. The number of rotatable bonds is 9. The highest BCUT2D eigenvalue weighted by atomic mass is 127. The maximum Gasteiger partial charge on any atom is 0.293 e. The lowest BCUT2D eigenvalue weighted by atomic mass is 10.2. The van der Waals surface area contributed by atoms with Crippen molar-refractivity contribution in [1.29, 1.82) is 0 Å². The number of nitrogens with one attached hydrogen (secondary N) is 1. The Morgan fingerprint density at radius 1 is 1.40 bits per heavy atom. The maximum absolute atomic E-state index is 13.4. The number of benzene rings is 1. The molecule has 1 aromatic carbocycles. The fourth-order valence-corrected chi connectivity index (χ4v) is 2.03. The molecule has 0 heterocycles. The van der Waals surface area contributed by atoms with Gasteiger partial charge in [-0.25, -0.2) is 4.39 Å². The summed E-state index contributed by atoms with van der Waals surface area (Å²) in [6.45, 7) is 3.92. The quantitative estimate of drug-likeness (QED) is 0.297. The van der Waals surface area contributed by atoms with Gasteiger partial charge in [0.15, 0.2) is 0 Å². The molecule has 0 spiro atoms. The SMILES string of the molecule is CCCCOCCCNc1cc(F)c(I)cc1[N+](=O)[O-]. The molecule has 0 bridgehead atoms. The molecule has 112 valence electrons. The van der Waals surface area contributed by atoms with E-state index < -0.39 is 10.7 Å². The van der Waals surface area contributed by atoms with Crippen LogP contribution in [0.5, 0.6) is 0 Å². The highest BCUT2D eigenvalue weighted by Gasteiger charge is 2.16. The second kappa shape index (κ2) is 9.06. The number of halogens is 2. The number of ether oxygens (including phenoxy) is 1. The first kappa shape index (κ1) is 17.1. The van der Waals surface area contributed by atoms with Gasteiger partial charge >= 0.3 is 0 Å². The van der Waals surface area contributed by atoms with E-state index in [0.717, 1.165) is 25.5 Å². The Balaban J connectivity index is 2.47. The fraction of sp³-hybridized carbons (Fsp3) is 0.538. The lowest BCUT2D eigenvalue weighted by Crippen LogP contribution is -2.08. The van der Waals surface area contributed by atoms with Crippen LogP contribution in [0.2, 0.25) is 0 Å². The first-order valence-electron chi connectivity index (χ1n) is 6.51. The Labute approximate surface area is 131 Å². The van der Waals surface area contributed by atoms with Crippen molar-refractivity contribution in [3.63, 3.8) is 0 Å². The maximum atomic E-state index is 13.4. The number of unbranched alkanes of at least 4 members (excludes halogenated alkanes) is 1. The molecule has 7 heteroatoms. The van der Waals surface area contributed by atoms with Crippen molar-refractivity contribution in [1.82, 2.24) is 0 Å². The second-order valence-corrected chi connectivity index (χ2v) is 5.45. The zero-order chi connectivity index (χ0) is 15.0. The summed E-state index contributed by atoms with van der Waals surface area (Å²) >= 11 is 1.74. The van der Waals surface area contributed by atoms with Gasteiger partial charge in [-0.05, 0) is 35.4 Å². The predicted molar refractivity (Wildman–Crippen MR) is 84.6 cm³/mol. The van der Waals surface area contributed by atoms with Crippen LogP contribution in [-0.2, 0) is 4.74 Å². The van der Waals surface area contributed by atoms with Gasteiger partial charge in [0.2, 0.25) is 0 Å². The Bertz CT molecular complexity index is 457.